The first kappa shape index (κ1) is 24.8. The molecule has 1 aromatic heterocycles. The Labute approximate surface area is 205 Å². The van der Waals surface area contributed by atoms with Gasteiger partial charge in [0, 0.05) is 44.8 Å². The summed E-state index contributed by atoms with van der Waals surface area (Å²) in [6, 6.07) is 12.3. The van der Waals surface area contributed by atoms with E-state index in [1.54, 1.807) is 12.1 Å². The topological polar surface area (TPSA) is 117 Å². The summed E-state index contributed by atoms with van der Waals surface area (Å²) >= 11 is 0. The molecule has 9 heteroatoms. The van der Waals surface area contributed by atoms with E-state index in [-0.39, 0.29) is 17.0 Å². The van der Waals surface area contributed by atoms with Crippen LogP contribution in [0.2, 0.25) is 0 Å². The van der Waals surface area contributed by atoms with Crippen molar-refractivity contribution in [1.29, 1.82) is 0 Å². The Morgan fingerprint density at radius 3 is 2.54 bits per heavy atom. The largest absolute Gasteiger partial charge is 0.478 e. The lowest BCUT2D eigenvalue weighted by molar-refractivity contribution is 0.0697. The van der Waals surface area contributed by atoms with Crippen molar-refractivity contribution in [2.75, 3.05) is 45.1 Å². The molecule has 9 nitrogen and oxygen atoms in total. The van der Waals surface area contributed by atoms with Crippen LogP contribution in [0.5, 0.6) is 0 Å². The van der Waals surface area contributed by atoms with Gasteiger partial charge in [-0.25, -0.2) is 9.78 Å². The van der Waals surface area contributed by atoms with E-state index < -0.39 is 5.97 Å². The number of nitrogens with one attached hydrogen (secondary N) is 1. The van der Waals surface area contributed by atoms with E-state index in [0.29, 0.717) is 19.0 Å². The van der Waals surface area contributed by atoms with Gasteiger partial charge in [-0.05, 0) is 62.3 Å². The first-order chi connectivity index (χ1) is 16.9. The fourth-order valence-electron chi connectivity index (χ4n) is 4.42. The standard InChI is InChI=1S/C26H34N6O3/c1-30-12-14-31(15-13-30)18-19-8-9-23-22(16-19)28-26(32(23)11-4-2-3-10-27)29-24(33)20-6-5-7-21(17-20)25(34)35/h5-9,16-17H,2-4,10-15,18,27H2,1H3,(H,34,35)(H,28,29,33). The van der Waals surface area contributed by atoms with E-state index in [1.165, 1.54) is 17.7 Å². The van der Waals surface area contributed by atoms with Gasteiger partial charge in [-0.3, -0.25) is 15.0 Å². The molecule has 0 spiro atoms. The maximum absolute atomic E-state index is 13.0. The normalized spacial score (nSPS) is 14.9. The number of carbonyl (C=O) groups is 2. The maximum atomic E-state index is 13.0. The average Bonchev–Trinajstić information content (AvgIpc) is 3.19. The number of rotatable bonds is 10. The van der Waals surface area contributed by atoms with E-state index in [9.17, 15) is 14.7 Å². The van der Waals surface area contributed by atoms with Crippen LogP contribution < -0.4 is 11.1 Å². The predicted octanol–water partition coefficient (Wildman–Crippen LogP) is 2.86. The number of aryl methyl sites for hydroxylation is 1. The highest BCUT2D eigenvalue weighted by Gasteiger charge is 2.18. The number of unbranched alkanes of at least 4 members (excludes halogenated alkanes) is 2. The summed E-state index contributed by atoms with van der Waals surface area (Å²) in [6.45, 7) is 6.46. The highest BCUT2D eigenvalue weighted by molar-refractivity contribution is 6.05. The zero-order valence-corrected chi connectivity index (χ0v) is 20.2. The third-order valence-corrected chi connectivity index (χ3v) is 6.50. The van der Waals surface area contributed by atoms with Crippen molar-refractivity contribution in [1.82, 2.24) is 19.4 Å². The molecule has 4 rings (SSSR count). The van der Waals surface area contributed by atoms with Crippen molar-refractivity contribution in [3.8, 4) is 0 Å². The quantitative estimate of drug-likeness (QED) is 0.384. The van der Waals surface area contributed by atoms with Crippen molar-refractivity contribution >= 4 is 28.9 Å². The van der Waals surface area contributed by atoms with Gasteiger partial charge in [-0.1, -0.05) is 18.6 Å². The third kappa shape index (κ3) is 6.25. The Morgan fingerprint density at radius 2 is 1.80 bits per heavy atom. The summed E-state index contributed by atoms with van der Waals surface area (Å²) in [5.41, 5.74) is 9.00. The molecule has 4 N–H and O–H groups in total. The number of aromatic nitrogens is 2. The van der Waals surface area contributed by atoms with Crippen LogP contribution in [0.3, 0.4) is 0 Å². The van der Waals surface area contributed by atoms with Gasteiger partial charge in [-0.2, -0.15) is 0 Å². The highest BCUT2D eigenvalue weighted by Crippen LogP contribution is 2.24. The minimum absolute atomic E-state index is 0.0708. The molecule has 1 fully saturated rings. The van der Waals surface area contributed by atoms with Crippen LogP contribution in [-0.4, -0.2) is 76.1 Å². The summed E-state index contributed by atoms with van der Waals surface area (Å²) in [5, 5.41) is 12.2. The second kappa shape index (κ2) is 11.4. The molecule has 35 heavy (non-hydrogen) atoms. The predicted molar refractivity (Wildman–Crippen MR) is 137 cm³/mol. The summed E-state index contributed by atoms with van der Waals surface area (Å²) in [4.78, 5) is 33.8. The molecular formula is C26H34N6O3. The first-order valence-electron chi connectivity index (χ1n) is 12.2. The number of amides is 1. The second-order valence-corrected chi connectivity index (χ2v) is 9.18. The zero-order chi connectivity index (χ0) is 24.8. The van der Waals surface area contributed by atoms with E-state index >= 15 is 0 Å². The molecule has 2 heterocycles. The monoisotopic (exact) mass is 478 g/mol. The van der Waals surface area contributed by atoms with Crippen LogP contribution in [0.25, 0.3) is 11.0 Å². The number of hydrogen-bond donors (Lipinski definition) is 3. The number of carbonyl (C=O) groups excluding carboxylic acids is 1. The Hall–Kier alpha value is -3.27. The lowest BCUT2D eigenvalue weighted by Gasteiger charge is -2.32. The molecular weight excluding hydrogens is 444 g/mol. The Morgan fingerprint density at radius 1 is 1.03 bits per heavy atom. The van der Waals surface area contributed by atoms with Crippen molar-refractivity contribution in [2.24, 2.45) is 5.73 Å². The summed E-state index contributed by atoms with van der Waals surface area (Å²) < 4.78 is 2.03. The van der Waals surface area contributed by atoms with Crippen molar-refractivity contribution in [2.45, 2.75) is 32.4 Å². The molecule has 0 aliphatic carbocycles. The molecule has 1 aliphatic heterocycles. The number of nitrogens with zero attached hydrogens (tertiary/aromatic N) is 4. The molecule has 2 aromatic carbocycles. The first-order valence-corrected chi connectivity index (χ1v) is 12.2. The van der Waals surface area contributed by atoms with Crippen molar-refractivity contribution in [3.05, 3.63) is 59.2 Å². The van der Waals surface area contributed by atoms with Gasteiger partial charge in [0.15, 0.2) is 0 Å². The molecule has 1 saturated heterocycles. The molecule has 0 bridgehead atoms. The van der Waals surface area contributed by atoms with Gasteiger partial charge in [0.05, 0.1) is 16.6 Å². The van der Waals surface area contributed by atoms with Crippen LogP contribution in [-0.2, 0) is 13.1 Å². The number of fused-ring (bicyclic) bond motifs is 1. The minimum atomic E-state index is -1.07. The lowest BCUT2D eigenvalue weighted by atomic mass is 10.1. The van der Waals surface area contributed by atoms with Gasteiger partial charge >= 0.3 is 5.97 Å². The van der Waals surface area contributed by atoms with Gasteiger partial charge in [0.1, 0.15) is 0 Å². The van der Waals surface area contributed by atoms with Crippen LogP contribution in [0.15, 0.2) is 42.5 Å². The maximum Gasteiger partial charge on any atom is 0.335 e. The summed E-state index contributed by atoms with van der Waals surface area (Å²) in [5.74, 6) is -0.987. The van der Waals surface area contributed by atoms with Crippen molar-refractivity contribution < 1.29 is 14.7 Å². The number of benzene rings is 2. The number of nitrogens with two attached hydrogens (primary N) is 1. The van der Waals surface area contributed by atoms with E-state index in [4.69, 9.17) is 10.7 Å². The summed E-state index contributed by atoms with van der Waals surface area (Å²) in [7, 11) is 2.15. The van der Waals surface area contributed by atoms with E-state index in [2.05, 4.69) is 40.4 Å². The van der Waals surface area contributed by atoms with Gasteiger partial charge in [-0.15, -0.1) is 0 Å². The number of carboxylic acids is 1. The number of hydrogen-bond acceptors (Lipinski definition) is 6. The number of aromatic carboxylic acids is 1. The third-order valence-electron chi connectivity index (χ3n) is 6.50. The Kier molecular flexibility index (Phi) is 8.12. The SMILES string of the molecule is CN1CCN(Cc2ccc3c(c2)nc(NC(=O)c2cccc(C(=O)O)c2)n3CCCCCN)CC1. The molecule has 1 aliphatic rings. The fraction of sp³-hybridized carbons (Fsp3) is 0.423. The summed E-state index contributed by atoms with van der Waals surface area (Å²) in [6.07, 6.45) is 2.86. The lowest BCUT2D eigenvalue weighted by Crippen LogP contribution is -2.43. The molecule has 3 aromatic rings. The van der Waals surface area contributed by atoms with Crippen molar-refractivity contribution in [3.63, 3.8) is 0 Å². The molecule has 1 amide bonds. The molecule has 0 unspecified atom stereocenters. The minimum Gasteiger partial charge on any atom is -0.478 e. The van der Waals surface area contributed by atoms with E-state index in [0.717, 1.165) is 63.0 Å². The Bertz CT molecular complexity index is 1180. The van der Waals surface area contributed by atoms with Crippen LogP contribution in [0, 0.1) is 0 Å². The number of likely N-dealkylation sites (N-methyl/N-ethyl adjacent to an activating group) is 1. The average molecular weight is 479 g/mol. The number of piperazine rings is 1. The Balaban J connectivity index is 1.57. The molecule has 0 radical (unpaired) electrons. The fourth-order valence-corrected chi connectivity index (χ4v) is 4.42. The number of anilines is 1. The van der Waals surface area contributed by atoms with Gasteiger partial charge < -0.3 is 20.3 Å². The molecule has 0 saturated carbocycles. The van der Waals surface area contributed by atoms with Crippen LogP contribution in [0.1, 0.15) is 45.5 Å². The van der Waals surface area contributed by atoms with Crippen LogP contribution in [0.4, 0.5) is 5.95 Å². The van der Waals surface area contributed by atoms with E-state index in [1.807, 2.05) is 4.57 Å². The number of imidazole rings is 1. The van der Waals surface area contributed by atoms with Crippen LogP contribution >= 0.6 is 0 Å². The second-order valence-electron chi connectivity index (χ2n) is 9.18. The molecule has 186 valence electrons. The smallest absolute Gasteiger partial charge is 0.335 e. The number of carboxylic acid groups (broad SMARTS) is 1. The molecule has 0 atom stereocenters. The van der Waals surface area contributed by atoms with Gasteiger partial charge in [0.2, 0.25) is 5.95 Å². The van der Waals surface area contributed by atoms with Gasteiger partial charge in [0.25, 0.3) is 5.91 Å². The highest BCUT2D eigenvalue weighted by atomic mass is 16.4. The zero-order valence-electron chi connectivity index (χ0n) is 20.2.